The van der Waals surface area contributed by atoms with Crippen molar-refractivity contribution < 1.29 is 0 Å². The summed E-state index contributed by atoms with van der Waals surface area (Å²) < 4.78 is 1.88. The summed E-state index contributed by atoms with van der Waals surface area (Å²) in [5.41, 5.74) is 2.32. The minimum atomic E-state index is 0.712. The van der Waals surface area contributed by atoms with Gasteiger partial charge in [0.2, 0.25) is 0 Å². The predicted octanol–water partition coefficient (Wildman–Crippen LogP) is 1.99. The van der Waals surface area contributed by atoms with Gasteiger partial charge >= 0.3 is 0 Å². The molecule has 1 aromatic heterocycles. The summed E-state index contributed by atoms with van der Waals surface area (Å²) in [4.78, 5) is 0. The van der Waals surface area contributed by atoms with Crippen molar-refractivity contribution in [2.24, 2.45) is 0 Å². The van der Waals surface area contributed by atoms with E-state index in [0.717, 1.165) is 12.2 Å². The standard InChI is InChI=1S/C14H15N3/c1-2-3-9-15-12-13-7-4-5-8-14(13)17-11-6-10-16-17/h4-8,10-11,15H,9,12H2,1H3. The van der Waals surface area contributed by atoms with Gasteiger partial charge in [-0.2, -0.15) is 5.10 Å². The zero-order chi connectivity index (χ0) is 11.9. The molecule has 86 valence electrons. The monoisotopic (exact) mass is 225 g/mol. The molecule has 0 saturated heterocycles. The van der Waals surface area contributed by atoms with E-state index >= 15 is 0 Å². The molecule has 3 nitrogen and oxygen atoms in total. The lowest BCUT2D eigenvalue weighted by Gasteiger charge is -2.09. The molecule has 0 bridgehead atoms. The van der Waals surface area contributed by atoms with Crippen LogP contribution in [0.3, 0.4) is 0 Å². The highest BCUT2D eigenvalue weighted by molar-refractivity contribution is 5.40. The number of rotatable bonds is 4. The van der Waals surface area contributed by atoms with Crippen LogP contribution in [0.1, 0.15) is 12.5 Å². The van der Waals surface area contributed by atoms with Gasteiger partial charge in [-0.1, -0.05) is 24.1 Å². The number of hydrogen-bond donors (Lipinski definition) is 1. The minimum Gasteiger partial charge on any atom is -0.302 e. The summed E-state index contributed by atoms with van der Waals surface area (Å²) in [5.74, 6) is 5.86. The van der Waals surface area contributed by atoms with Crippen LogP contribution in [0.25, 0.3) is 5.69 Å². The third kappa shape index (κ3) is 2.96. The third-order valence-electron chi connectivity index (χ3n) is 2.45. The maximum absolute atomic E-state index is 4.25. The SMILES string of the molecule is CC#CCNCc1ccccc1-n1cccn1. The quantitative estimate of drug-likeness (QED) is 0.637. The van der Waals surface area contributed by atoms with Gasteiger partial charge in [0.15, 0.2) is 0 Å². The van der Waals surface area contributed by atoms with E-state index in [2.05, 4.69) is 34.4 Å². The smallest absolute Gasteiger partial charge is 0.0690 e. The minimum absolute atomic E-state index is 0.712. The maximum Gasteiger partial charge on any atom is 0.0690 e. The highest BCUT2D eigenvalue weighted by Gasteiger charge is 2.02. The molecular weight excluding hydrogens is 210 g/mol. The van der Waals surface area contributed by atoms with Crippen LogP contribution in [0.5, 0.6) is 0 Å². The fourth-order valence-corrected chi connectivity index (χ4v) is 1.64. The zero-order valence-electron chi connectivity index (χ0n) is 9.85. The number of hydrogen-bond acceptors (Lipinski definition) is 2. The van der Waals surface area contributed by atoms with Crippen LogP contribution in [0.4, 0.5) is 0 Å². The van der Waals surface area contributed by atoms with Gasteiger partial charge in [-0.25, -0.2) is 4.68 Å². The van der Waals surface area contributed by atoms with Gasteiger partial charge in [-0.3, -0.25) is 0 Å². The van der Waals surface area contributed by atoms with Gasteiger partial charge in [-0.05, 0) is 24.6 Å². The van der Waals surface area contributed by atoms with E-state index in [0.29, 0.717) is 6.54 Å². The van der Waals surface area contributed by atoms with Gasteiger partial charge < -0.3 is 5.32 Å². The molecule has 1 aromatic carbocycles. The molecule has 0 aliphatic heterocycles. The van der Waals surface area contributed by atoms with Gasteiger partial charge in [0.05, 0.1) is 12.2 Å². The normalized spacial score (nSPS) is 9.71. The summed E-state index contributed by atoms with van der Waals surface area (Å²) in [6.45, 7) is 3.36. The first kappa shape index (κ1) is 11.4. The van der Waals surface area contributed by atoms with Crippen LogP contribution in [0.15, 0.2) is 42.7 Å². The summed E-state index contributed by atoms with van der Waals surface area (Å²) in [5, 5.41) is 7.54. The maximum atomic E-state index is 4.25. The predicted molar refractivity (Wildman–Crippen MR) is 68.7 cm³/mol. The fourth-order valence-electron chi connectivity index (χ4n) is 1.64. The Bertz CT molecular complexity index is 518. The zero-order valence-corrected chi connectivity index (χ0v) is 9.85. The van der Waals surface area contributed by atoms with E-state index < -0.39 is 0 Å². The molecule has 0 saturated carbocycles. The van der Waals surface area contributed by atoms with Crippen LogP contribution in [-0.4, -0.2) is 16.3 Å². The fraction of sp³-hybridized carbons (Fsp3) is 0.214. The van der Waals surface area contributed by atoms with E-state index in [9.17, 15) is 0 Å². The van der Waals surface area contributed by atoms with E-state index in [4.69, 9.17) is 0 Å². The lowest BCUT2D eigenvalue weighted by atomic mass is 10.2. The Morgan fingerprint density at radius 2 is 2.18 bits per heavy atom. The highest BCUT2D eigenvalue weighted by atomic mass is 15.3. The number of para-hydroxylation sites is 1. The van der Waals surface area contributed by atoms with E-state index in [-0.39, 0.29) is 0 Å². The van der Waals surface area contributed by atoms with Crippen LogP contribution in [-0.2, 0) is 6.54 Å². The van der Waals surface area contributed by atoms with Crippen molar-refractivity contribution in [1.29, 1.82) is 0 Å². The van der Waals surface area contributed by atoms with Crippen LogP contribution >= 0.6 is 0 Å². The molecule has 3 heteroatoms. The first-order valence-electron chi connectivity index (χ1n) is 5.60. The second kappa shape index (κ2) is 5.88. The summed E-state index contributed by atoms with van der Waals surface area (Å²) in [7, 11) is 0. The second-order valence-corrected chi connectivity index (χ2v) is 3.61. The molecule has 2 rings (SSSR count). The highest BCUT2D eigenvalue weighted by Crippen LogP contribution is 2.12. The van der Waals surface area contributed by atoms with E-state index in [1.807, 2.05) is 36.0 Å². The molecule has 0 atom stereocenters. The first-order valence-corrected chi connectivity index (χ1v) is 5.60. The summed E-state index contributed by atoms with van der Waals surface area (Å²) >= 11 is 0. The van der Waals surface area contributed by atoms with Crippen LogP contribution in [0, 0.1) is 11.8 Å². The van der Waals surface area contributed by atoms with Crippen molar-refractivity contribution in [3.05, 3.63) is 48.3 Å². The molecule has 0 aliphatic rings. The van der Waals surface area contributed by atoms with Gasteiger partial charge in [0, 0.05) is 18.9 Å². The molecule has 1 N–H and O–H groups in total. The Hall–Kier alpha value is -2.05. The number of aromatic nitrogens is 2. The Morgan fingerprint density at radius 3 is 2.94 bits per heavy atom. The average Bonchev–Trinajstić information content (AvgIpc) is 2.89. The average molecular weight is 225 g/mol. The van der Waals surface area contributed by atoms with Crippen molar-refractivity contribution in [3.8, 4) is 17.5 Å². The Balaban J connectivity index is 2.13. The molecule has 1 heterocycles. The number of nitrogens with zero attached hydrogens (tertiary/aromatic N) is 2. The first-order chi connectivity index (χ1) is 8.42. The lowest BCUT2D eigenvalue weighted by Crippen LogP contribution is -2.15. The molecule has 0 aliphatic carbocycles. The number of benzene rings is 1. The van der Waals surface area contributed by atoms with Gasteiger partial charge in [-0.15, -0.1) is 5.92 Å². The molecule has 0 fully saturated rings. The molecule has 0 amide bonds. The van der Waals surface area contributed by atoms with Crippen molar-refractivity contribution >= 4 is 0 Å². The lowest BCUT2D eigenvalue weighted by molar-refractivity contribution is 0.753. The Morgan fingerprint density at radius 1 is 1.29 bits per heavy atom. The Labute approximate surface area is 101 Å². The topological polar surface area (TPSA) is 29.9 Å². The molecule has 2 aromatic rings. The second-order valence-electron chi connectivity index (χ2n) is 3.61. The molecular formula is C14H15N3. The molecule has 0 radical (unpaired) electrons. The van der Waals surface area contributed by atoms with Crippen LogP contribution in [0.2, 0.25) is 0 Å². The molecule has 0 unspecified atom stereocenters. The number of nitrogens with one attached hydrogen (secondary N) is 1. The van der Waals surface area contributed by atoms with Gasteiger partial charge in [0.1, 0.15) is 0 Å². The molecule has 17 heavy (non-hydrogen) atoms. The Kier molecular flexibility index (Phi) is 3.95. The largest absolute Gasteiger partial charge is 0.302 e. The molecule has 0 spiro atoms. The third-order valence-corrected chi connectivity index (χ3v) is 2.45. The summed E-state index contributed by atoms with van der Waals surface area (Å²) in [6, 6.07) is 10.1. The van der Waals surface area contributed by atoms with Crippen molar-refractivity contribution in [1.82, 2.24) is 15.1 Å². The van der Waals surface area contributed by atoms with E-state index in [1.165, 1.54) is 5.56 Å². The van der Waals surface area contributed by atoms with Crippen molar-refractivity contribution in [3.63, 3.8) is 0 Å². The van der Waals surface area contributed by atoms with Crippen molar-refractivity contribution in [2.75, 3.05) is 6.54 Å². The van der Waals surface area contributed by atoms with Crippen molar-refractivity contribution in [2.45, 2.75) is 13.5 Å². The van der Waals surface area contributed by atoms with E-state index in [1.54, 1.807) is 6.20 Å². The van der Waals surface area contributed by atoms with Gasteiger partial charge in [0.25, 0.3) is 0 Å². The summed E-state index contributed by atoms with van der Waals surface area (Å²) in [6.07, 6.45) is 3.73. The van der Waals surface area contributed by atoms with Crippen LogP contribution < -0.4 is 5.32 Å².